The molecule has 2 rings (SSSR count). The smallest absolute Gasteiger partial charge is 0.0278 e. The van der Waals surface area contributed by atoms with Crippen molar-refractivity contribution in [2.45, 2.75) is 77.3 Å². The summed E-state index contributed by atoms with van der Waals surface area (Å²) in [7, 11) is 0. The largest absolute Gasteiger partial charge is 0.309 e. The van der Waals surface area contributed by atoms with Crippen LogP contribution in [0, 0.1) is 5.92 Å². The van der Waals surface area contributed by atoms with Crippen molar-refractivity contribution in [2.75, 3.05) is 31.1 Å². The Morgan fingerprint density at radius 3 is 2.62 bits per heavy atom. The van der Waals surface area contributed by atoms with Crippen LogP contribution in [0.4, 0.5) is 0 Å². The standard InChI is InChI=1S/C18H36N2S/c1-4-18(3)15-20(12-9-13-21-5-2)17(14-19-18)16-10-7-6-8-11-16/h16-17,19H,4-15H2,1-3H3. The van der Waals surface area contributed by atoms with Crippen molar-refractivity contribution in [3.8, 4) is 0 Å². The second-order valence-electron chi connectivity index (χ2n) is 7.28. The van der Waals surface area contributed by atoms with Gasteiger partial charge < -0.3 is 5.32 Å². The minimum Gasteiger partial charge on any atom is -0.309 e. The molecule has 1 aliphatic heterocycles. The number of piperazine rings is 1. The topological polar surface area (TPSA) is 15.3 Å². The summed E-state index contributed by atoms with van der Waals surface area (Å²) in [4.78, 5) is 2.85. The molecule has 2 unspecified atom stereocenters. The van der Waals surface area contributed by atoms with Crippen LogP contribution in [0.15, 0.2) is 0 Å². The summed E-state index contributed by atoms with van der Waals surface area (Å²) in [6.45, 7) is 10.8. The molecule has 3 heteroatoms. The molecule has 1 saturated carbocycles. The lowest BCUT2D eigenvalue weighted by Crippen LogP contribution is -2.64. The summed E-state index contributed by atoms with van der Waals surface area (Å²) in [6.07, 6.45) is 9.94. The van der Waals surface area contributed by atoms with Gasteiger partial charge in [0, 0.05) is 24.7 Å². The van der Waals surface area contributed by atoms with Gasteiger partial charge in [-0.05, 0) is 56.6 Å². The molecule has 124 valence electrons. The van der Waals surface area contributed by atoms with E-state index < -0.39 is 0 Å². The van der Waals surface area contributed by atoms with Crippen LogP contribution in [0.25, 0.3) is 0 Å². The summed E-state index contributed by atoms with van der Waals surface area (Å²) in [5.74, 6) is 3.55. The summed E-state index contributed by atoms with van der Waals surface area (Å²) in [5, 5.41) is 3.88. The fourth-order valence-electron chi connectivity index (χ4n) is 4.08. The maximum Gasteiger partial charge on any atom is 0.0278 e. The SMILES string of the molecule is CCSCCCN1CC(C)(CC)NCC1C1CCCCC1. The Hall–Kier alpha value is 0.270. The van der Waals surface area contributed by atoms with E-state index in [1.54, 1.807) is 0 Å². The second kappa shape index (κ2) is 8.79. The van der Waals surface area contributed by atoms with Crippen molar-refractivity contribution in [2.24, 2.45) is 5.92 Å². The van der Waals surface area contributed by atoms with Gasteiger partial charge in [0.25, 0.3) is 0 Å². The molecular weight excluding hydrogens is 276 g/mol. The van der Waals surface area contributed by atoms with Crippen LogP contribution in [0.2, 0.25) is 0 Å². The van der Waals surface area contributed by atoms with Crippen molar-refractivity contribution in [3.63, 3.8) is 0 Å². The number of thioether (sulfide) groups is 1. The zero-order chi connectivity index (χ0) is 15.1. The van der Waals surface area contributed by atoms with E-state index in [0.29, 0.717) is 5.54 Å². The Bertz CT molecular complexity index is 291. The number of hydrogen-bond donors (Lipinski definition) is 1. The molecule has 2 aliphatic rings. The molecular formula is C18H36N2S. The van der Waals surface area contributed by atoms with E-state index in [9.17, 15) is 0 Å². The van der Waals surface area contributed by atoms with Crippen molar-refractivity contribution in [1.29, 1.82) is 0 Å². The Labute approximate surface area is 136 Å². The van der Waals surface area contributed by atoms with E-state index >= 15 is 0 Å². The average molecular weight is 313 g/mol. The van der Waals surface area contributed by atoms with E-state index in [0.717, 1.165) is 12.0 Å². The van der Waals surface area contributed by atoms with E-state index in [1.807, 2.05) is 0 Å². The lowest BCUT2D eigenvalue weighted by Gasteiger charge is -2.49. The first-order valence-electron chi connectivity index (χ1n) is 9.25. The Morgan fingerprint density at radius 1 is 1.19 bits per heavy atom. The van der Waals surface area contributed by atoms with E-state index in [-0.39, 0.29) is 0 Å². The van der Waals surface area contributed by atoms with Crippen LogP contribution in [0.1, 0.15) is 65.7 Å². The normalized spacial score (nSPS) is 32.4. The number of nitrogens with one attached hydrogen (secondary N) is 1. The molecule has 0 radical (unpaired) electrons. The van der Waals surface area contributed by atoms with Gasteiger partial charge in [0.15, 0.2) is 0 Å². The molecule has 0 amide bonds. The molecule has 1 aliphatic carbocycles. The zero-order valence-corrected chi connectivity index (χ0v) is 15.3. The van der Waals surface area contributed by atoms with Crippen LogP contribution in [0.3, 0.4) is 0 Å². The molecule has 0 aromatic rings. The summed E-state index contributed by atoms with van der Waals surface area (Å²) in [5.41, 5.74) is 0.336. The van der Waals surface area contributed by atoms with Crippen molar-refractivity contribution < 1.29 is 0 Å². The van der Waals surface area contributed by atoms with Gasteiger partial charge >= 0.3 is 0 Å². The maximum absolute atomic E-state index is 3.88. The monoisotopic (exact) mass is 312 g/mol. The molecule has 0 aromatic carbocycles. The number of hydrogen-bond acceptors (Lipinski definition) is 3. The van der Waals surface area contributed by atoms with Crippen LogP contribution in [0.5, 0.6) is 0 Å². The predicted molar refractivity (Wildman–Crippen MR) is 96.3 cm³/mol. The van der Waals surface area contributed by atoms with Crippen LogP contribution in [-0.4, -0.2) is 47.6 Å². The van der Waals surface area contributed by atoms with E-state index in [1.165, 1.54) is 76.1 Å². The van der Waals surface area contributed by atoms with Crippen LogP contribution in [-0.2, 0) is 0 Å². The summed E-state index contributed by atoms with van der Waals surface area (Å²) >= 11 is 2.10. The predicted octanol–water partition coefficient (Wildman–Crippen LogP) is 4.15. The first kappa shape index (κ1) is 17.6. The third-order valence-electron chi connectivity index (χ3n) is 5.67. The lowest BCUT2D eigenvalue weighted by atomic mass is 9.80. The van der Waals surface area contributed by atoms with Gasteiger partial charge in [-0.2, -0.15) is 11.8 Å². The lowest BCUT2D eigenvalue weighted by molar-refractivity contribution is 0.0409. The van der Waals surface area contributed by atoms with Gasteiger partial charge in [0.1, 0.15) is 0 Å². The van der Waals surface area contributed by atoms with E-state index in [4.69, 9.17) is 0 Å². The van der Waals surface area contributed by atoms with Crippen LogP contribution < -0.4 is 5.32 Å². The van der Waals surface area contributed by atoms with Gasteiger partial charge in [-0.25, -0.2) is 0 Å². The Balaban J connectivity index is 1.92. The zero-order valence-electron chi connectivity index (χ0n) is 14.5. The van der Waals surface area contributed by atoms with Gasteiger partial charge in [0.2, 0.25) is 0 Å². The Kier molecular flexibility index (Phi) is 7.37. The third-order valence-corrected chi connectivity index (χ3v) is 6.66. The molecule has 0 aromatic heterocycles. The Morgan fingerprint density at radius 2 is 1.95 bits per heavy atom. The molecule has 1 saturated heterocycles. The highest BCUT2D eigenvalue weighted by molar-refractivity contribution is 7.99. The first-order chi connectivity index (χ1) is 10.2. The van der Waals surface area contributed by atoms with E-state index in [2.05, 4.69) is 42.7 Å². The summed E-state index contributed by atoms with van der Waals surface area (Å²) in [6, 6.07) is 0.802. The fraction of sp³-hybridized carbons (Fsp3) is 1.00. The number of rotatable bonds is 7. The van der Waals surface area contributed by atoms with Crippen molar-refractivity contribution in [3.05, 3.63) is 0 Å². The molecule has 0 spiro atoms. The molecule has 1 N–H and O–H groups in total. The molecule has 21 heavy (non-hydrogen) atoms. The average Bonchev–Trinajstić information content (AvgIpc) is 2.53. The second-order valence-corrected chi connectivity index (χ2v) is 8.68. The number of nitrogens with zero attached hydrogens (tertiary/aromatic N) is 1. The van der Waals surface area contributed by atoms with Gasteiger partial charge in [0.05, 0.1) is 0 Å². The highest BCUT2D eigenvalue weighted by atomic mass is 32.2. The third kappa shape index (κ3) is 5.14. The highest BCUT2D eigenvalue weighted by Crippen LogP contribution is 2.32. The molecule has 2 atom stereocenters. The molecule has 1 heterocycles. The van der Waals surface area contributed by atoms with Gasteiger partial charge in [-0.1, -0.05) is 33.1 Å². The van der Waals surface area contributed by atoms with Crippen molar-refractivity contribution >= 4 is 11.8 Å². The van der Waals surface area contributed by atoms with Gasteiger partial charge in [-0.15, -0.1) is 0 Å². The van der Waals surface area contributed by atoms with Gasteiger partial charge in [-0.3, -0.25) is 4.90 Å². The fourth-order valence-corrected chi connectivity index (χ4v) is 4.70. The quantitative estimate of drug-likeness (QED) is 0.711. The summed E-state index contributed by atoms with van der Waals surface area (Å²) < 4.78 is 0. The minimum absolute atomic E-state index is 0.336. The molecule has 2 fully saturated rings. The minimum atomic E-state index is 0.336. The van der Waals surface area contributed by atoms with Crippen LogP contribution >= 0.6 is 11.8 Å². The molecule has 0 bridgehead atoms. The maximum atomic E-state index is 3.88. The molecule has 2 nitrogen and oxygen atoms in total. The highest BCUT2D eigenvalue weighted by Gasteiger charge is 2.37. The first-order valence-corrected chi connectivity index (χ1v) is 10.4. The van der Waals surface area contributed by atoms with Crippen molar-refractivity contribution in [1.82, 2.24) is 10.2 Å².